The molecular weight excluding hydrogens is 139 g/mol. The molecule has 0 nitrogen and oxygen atoms in total. The molecule has 2 heteroatoms. The highest BCUT2D eigenvalue weighted by Crippen LogP contribution is 1.79. The van der Waals surface area contributed by atoms with Crippen LogP contribution in [0.2, 0.25) is 0 Å². The van der Waals surface area contributed by atoms with Crippen molar-refractivity contribution in [2.75, 3.05) is 11.1 Å². The molecule has 0 N–H and O–H groups in total. The van der Waals surface area contributed by atoms with Gasteiger partial charge in [-0.2, -0.15) is 0 Å². The predicted molar refractivity (Wildman–Crippen MR) is 24.5 cm³/mol. The molecule has 0 aliphatic carbocycles. The average molecular weight is 147 g/mol. The van der Waals surface area contributed by atoms with Gasteiger partial charge in [0, 0.05) is 16.6 Å². The molecule has 0 radical (unpaired) electrons. The molecule has 0 unspecified atom stereocenters. The van der Waals surface area contributed by atoms with Gasteiger partial charge in [0.15, 0.2) is 0 Å². The van der Waals surface area contributed by atoms with E-state index in [0.717, 1.165) is 0 Å². The second kappa shape index (κ2) is 3.77. The zero-order valence-electron chi connectivity index (χ0n) is 5.76. The minimum Gasteiger partial charge on any atom is -0.126 e. The fourth-order valence-electron chi connectivity index (χ4n) is 0. The summed E-state index contributed by atoms with van der Waals surface area (Å²) < 4.78 is 26.5. The minimum atomic E-state index is -2.34. The van der Waals surface area contributed by atoms with Crippen LogP contribution >= 0.6 is 27.5 Å². The highest BCUT2D eigenvalue weighted by Gasteiger charge is 1.61. The number of rotatable bonds is 1. The van der Waals surface area contributed by atoms with E-state index in [-0.39, 0.29) is 0 Å². The Morgan fingerprint density at radius 3 is 2.50 bits per heavy atom. The molecule has 0 fully saturated rings. The first-order valence-electron chi connectivity index (χ1n) is 2.63. The summed E-state index contributed by atoms with van der Waals surface area (Å²) in [4.78, 5) is 0. The summed E-state index contributed by atoms with van der Waals surface area (Å²) in [5.74, 6) is -2.34. The van der Waals surface area contributed by atoms with E-state index in [9.17, 15) is 0 Å². The lowest BCUT2D eigenvalue weighted by Gasteiger charge is -1.63. The summed E-state index contributed by atoms with van der Waals surface area (Å²) in [6, 6.07) is 0. The predicted octanol–water partition coefficient (Wildman–Crippen LogP) is 1.62. The molecule has 0 aliphatic rings. The third-order valence-corrected chi connectivity index (χ3v) is 0.557. The molecular formula is C2H4BrCl. The maximum atomic E-state index is 6.66. The van der Waals surface area contributed by atoms with Crippen molar-refractivity contribution >= 4 is 27.5 Å². The van der Waals surface area contributed by atoms with Crippen molar-refractivity contribution in [3.05, 3.63) is 0 Å². The Bertz CT molecular complexity index is 69.0. The third kappa shape index (κ3) is 2.77. The van der Waals surface area contributed by atoms with E-state index in [2.05, 4.69) is 15.9 Å². The van der Waals surface area contributed by atoms with Gasteiger partial charge in [-0.15, -0.1) is 11.6 Å². The second-order valence-electron chi connectivity index (χ2n) is 0.189. The van der Waals surface area contributed by atoms with Crippen molar-refractivity contribution in [2.45, 2.75) is 0 Å². The zero-order chi connectivity index (χ0) is 7.00. The fourth-order valence-corrected chi connectivity index (χ4v) is 0. The summed E-state index contributed by atoms with van der Waals surface area (Å²) in [6.45, 7) is 0. The van der Waals surface area contributed by atoms with Gasteiger partial charge in [-0.1, -0.05) is 15.9 Å². The Labute approximate surface area is 44.9 Å². The molecule has 0 saturated carbocycles. The van der Waals surface area contributed by atoms with Crippen LogP contribution < -0.4 is 0 Å². The van der Waals surface area contributed by atoms with Gasteiger partial charge in [0.1, 0.15) is 0 Å². The normalized spacial score (nSPS) is 29.5. The van der Waals surface area contributed by atoms with E-state index in [1.807, 2.05) is 0 Å². The number of hydrogen-bond donors (Lipinski definition) is 0. The van der Waals surface area contributed by atoms with Crippen LogP contribution in [0.5, 0.6) is 0 Å². The molecule has 0 aliphatic heterocycles. The summed E-state index contributed by atoms with van der Waals surface area (Å²) >= 11 is 7.35. The van der Waals surface area contributed by atoms with E-state index in [0.29, 0.717) is 0 Å². The van der Waals surface area contributed by atoms with Crippen LogP contribution in [0.25, 0.3) is 0 Å². The van der Waals surface area contributed by atoms with Crippen molar-refractivity contribution in [1.82, 2.24) is 0 Å². The van der Waals surface area contributed by atoms with E-state index in [1.54, 1.807) is 0 Å². The highest BCUT2D eigenvalue weighted by atomic mass is 79.9. The fraction of sp³-hybridized carbons (Fsp3) is 1.00. The Hall–Kier alpha value is 0.770. The van der Waals surface area contributed by atoms with E-state index < -0.39 is 11.1 Å². The van der Waals surface area contributed by atoms with E-state index in [4.69, 9.17) is 17.1 Å². The number of alkyl halides is 2. The first-order chi connectivity index (χ1) is 3.25. The Morgan fingerprint density at radius 2 is 2.50 bits per heavy atom. The van der Waals surface area contributed by atoms with Gasteiger partial charge >= 0.3 is 0 Å². The molecule has 0 aromatic rings. The van der Waals surface area contributed by atoms with E-state index in [1.165, 1.54) is 0 Å². The van der Waals surface area contributed by atoms with Gasteiger partial charge in [-0.25, -0.2) is 0 Å². The van der Waals surface area contributed by atoms with E-state index >= 15 is 0 Å². The topological polar surface area (TPSA) is 0 Å². The molecule has 0 saturated heterocycles. The standard InChI is InChI=1S/C2H4BrCl/c3-1-2-4/h1-2H2/i1D2,2D2. The third-order valence-electron chi connectivity index (χ3n) is 0.0357. The Kier molecular flexibility index (Phi) is 1.06. The minimum absolute atomic E-state index is 2.15. The van der Waals surface area contributed by atoms with Gasteiger partial charge in [0.05, 0.1) is 0 Å². The first-order valence-corrected chi connectivity index (χ1v) is 1.80. The zero-order valence-corrected chi connectivity index (χ0v) is 4.10. The van der Waals surface area contributed by atoms with Crippen molar-refractivity contribution in [3.63, 3.8) is 0 Å². The van der Waals surface area contributed by atoms with Crippen molar-refractivity contribution in [3.8, 4) is 0 Å². The molecule has 26 valence electrons. The molecule has 4 heavy (non-hydrogen) atoms. The summed E-state index contributed by atoms with van der Waals surface area (Å²) in [5, 5.41) is -2.15. The van der Waals surface area contributed by atoms with Gasteiger partial charge in [0.2, 0.25) is 0 Å². The van der Waals surface area contributed by atoms with Crippen LogP contribution in [0, 0.1) is 0 Å². The van der Waals surface area contributed by atoms with Crippen LogP contribution in [-0.4, -0.2) is 11.1 Å². The smallest absolute Gasteiger partial charge is 0.0444 e. The van der Waals surface area contributed by atoms with Crippen LogP contribution in [0.4, 0.5) is 0 Å². The SMILES string of the molecule is [2H]C([2H])(Cl)C([2H])([2H])Br. The van der Waals surface area contributed by atoms with Gasteiger partial charge in [-0.05, 0) is 0 Å². The van der Waals surface area contributed by atoms with Crippen LogP contribution in [0.15, 0.2) is 0 Å². The van der Waals surface area contributed by atoms with Gasteiger partial charge in [0.25, 0.3) is 0 Å². The summed E-state index contributed by atoms with van der Waals surface area (Å²) in [6.07, 6.45) is 0. The Morgan fingerprint density at radius 1 is 2.25 bits per heavy atom. The molecule has 0 amide bonds. The highest BCUT2D eigenvalue weighted by molar-refractivity contribution is 9.09. The number of hydrogen-bond acceptors (Lipinski definition) is 0. The Balaban J connectivity index is 4.02. The number of halogens is 2. The maximum Gasteiger partial charge on any atom is 0.0444 e. The van der Waals surface area contributed by atoms with Crippen LogP contribution in [0.3, 0.4) is 0 Å². The van der Waals surface area contributed by atoms with Gasteiger partial charge < -0.3 is 0 Å². The lowest BCUT2D eigenvalue weighted by Crippen LogP contribution is -1.62. The largest absolute Gasteiger partial charge is 0.126 e. The maximum absolute atomic E-state index is 6.66. The van der Waals surface area contributed by atoms with Crippen molar-refractivity contribution in [2.24, 2.45) is 0 Å². The molecule has 0 spiro atoms. The second-order valence-corrected chi connectivity index (χ2v) is 0.774. The quantitative estimate of drug-likeness (QED) is 0.495. The van der Waals surface area contributed by atoms with Crippen LogP contribution in [-0.2, 0) is 0 Å². The summed E-state index contributed by atoms with van der Waals surface area (Å²) in [5.41, 5.74) is 0. The lowest BCUT2D eigenvalue weighted by molar-refractivity contribution is 1.57. The molecule has 0 heterocycles. The van der Waals surface area contributed by atoms with Gasteiger partial charge in [-0.3, -0.25) is 0 Å². The molecule has 0 bridgehead atoms. The van der Waals surface area contributed by atoms with Crippen molar-refractivity contribution in [1.29, 1.82) is 0 Å². The monoisotopic (exact) mass is 146 g/mol. The average Bonchev–Trinajstić information content (AvgIpc) is 1.25. The van der Waals surface area contributed by atoms with Crippen molar-refractivity contribution < 1.29 is 5.48 Å². The molecule has 0 rings (SSSR count). The molecule has 0 aromatic heterocycles. The lowest BCUT2D eigenvalue weighted by atomic mass is 11.0. The van der Waals surface area contributed by atoms with Crippen LogP contribution in [0.1, 0.15) is 5.48 Å². The summed E-state index contributed by atoms with van der Waals surface area (Å²) in [7, 11) is 0. The molecule has 0 atom stereocenters. The molecule has 0 aromatic carbocycles. The first kappa shape index (κ1) is 1.12.